The molecule has 5 nitrogen and oxygen atoms in total. The third-order valence-corrected chi connectivity index (χ3v) is 5.59. The van der Waals surface area contributed by atoms with Crippen molar-refractivity contribution in [3.8, 4) is 0 Å². The number of hydrogen-bond acceptors (Lipinski definition) is 3. The lowest BCUT2D eigenvalue weighted by atomic mass is 9.88. The van der Waals surface area contributed by atoms with Crippen molar-refractivity contribution in [1.82, 2.24) is 15.3 Å². The fourth-order valence-corrected chi connectivity index (χ4v) is 3.96. The van der Waals surface area contributed by atoms with Crippen molar-refractivity contribution in [2.75, 3.05) is 0 Å². The first kappa shape index (κ1) is 22.3. The zero-order chi connectivity index (χ0) is 23.5. The van der Waals surface area contributed by atoms with Crippen molar-refractivity contribution in [2.24, 2.45) is 0 Å². The SMILES string of the molecule is Cc1c([C@@H](Cc2ccccc2)C(=O)NCc2ccc(F)cc2F)c(=O)[nH]c2ccnc(F)c12. The number of nitrogens with one attached hydrogen (secondary N) is 2. The fourth-order valence-electron chi connectivity index (χ4n) is 3.96. The van der Waals surface area contributed by atoms with Crippen LogP contribution in [0.5, 0.6) is 0 Å². The molecule has 2 heterocycles. The molecule has 0 bridgehead atoms. The highest BCUT2D eigenvalue weighted by atomic mass is 19.1. The number of carbonyl (C=O) groups is 1. The number of aromatic nitrogens is 2. The Bertz CT molecular complexity index is 1390. The van der Waals surface area contributed by atoms with E-state index in [4.69, 9.17) is 0 Å². The zero-order valence-electron chi connectivity index (χ0n) is 17.7. The maximum Gasteiger partial charge on any atom is 0.252 e. The smallest absolute Gasteiger partial charge is 0.252 e. The predicted molar refractivity (Wildman–Crippen MR) is 118 cm³/mol. The highest BCUT2D eigenvalue weighted by Crippen LogP contribution is 2.27. The van der Waals surface area contributed by atoms with Gasteiger partial charge in [0, 0.05) is 29.9 Å². The summed E-state index contributed by atoms with van der Waals surface area (Å²) in [5.74, 6) is -3.79. The van der Waals surface area contributed by atoms with Crippen molar-refractivity contribution < 1.29 is 18.0 Å². The van der Waals surface area contributed by atoms with E-state index in [2.05, 4.69) is 15.3 Å². The van der Waals surface area contributed by atoms with E-state index < -0.39 is 35.0 Å². The molecular formula is C25H20F3N3O2. The quantitative estimate of drug-likeness (QED) is 0.430. The molecular weight excluding hydrogens is 431 g/mol. The first-order chi connectivity index (χ1) is 15.8. The molecule has 4 aromatic rings. The largest absolute Gasteiger partial charge is 0.351 e. The summed E-state index contributed by atoms with van der Waals surface area (Å²) in [7, 11) is 0. The van der Waals surface area contributed by atoms with Gasteiger partial charge in [0.25, 0.3) is 5.56 Å². The first-order valence-corrected chi connectivity index (χ1v) is 10.3. The van der Waals surface area contributed by atoms with Crippen LogP contribution in [0, 0.1) is 24.5 Å². The molecule has 1 atom stereocenters. The monoisotopic (exact) mass is 451 g/mol. The molecule has 0 radical (unpaired) electrons. The van der Waals surface area contributed by atoms with Gasteiger partial charge in [0.05, 0.1) is 16.8 Å². The molecule has 0 aliphatic rings. The lowest BCUT2D eigenvalue weighted by Crippen LogP contribution is -2.34. The fraction of sp³-hybridized carbons (Fsp3) is 0.160. The lowest BCUT2D eigenvalue weighted by molar-refractivity contribution is -0.122. The van der Waals surface area contributed by atoms with Gasteiger partial charge in [-0.2, -0.15) is 4.39 Å². The molecule has 2 N–H and O–H groups in total. The van der Waals surface area contributed by atoms with Crippen LogP contribution in [0.15, 0.2) is 65.6 Å². The summed E-state index contributed by atoms with van der Waals surface area (Å²) in [5, 5.41) is 2.76. The molecule has 0 saturated heterocycles. The van der Waals surface area contributed by atoms with Gasteiger partial charge < -0.3 is 10.3 Å². The van der Waals surface area contributed by atoms with Gasteiger partial charge in [-0.1, -0.05) is 36.4 Å². The van der Waals surface area contributed by atoms with Crippen molar-refractivity contribution >= 4 is 16.8 Å². The molecule has 4 rings (SSSR count). The Kier molecular flexibility index (Phi) is 6.26. The van der Waals surface area contributed by atoms with Crippen LogP contribution in [-0.2, 0) is 17.8 Å². The van der Waals surface area contributed by atoms with Crippen LogP contribution in [0.4, 0.5) is 13.2 Å². The number of aryl methyl sites for hydroxylation is 1. The van der Waals surface area contributed by atoms with E-state index in [0.29, 0.717) is 5.56 Å². The summed E-state index contributed by atoms with van der Waals surface area (Å²) in [5.41, 5.74) is 1.06. The standard InChI is InChI=1S/C25H20F3N3O2/c1-14-21(25(33)31-20-9-10-29-23(28)22(14)20)18(11-15-5-3-2-4-6-15)24(32)30-13-16-7-8-17(26)12-19(16)27/h2-10,12,18H,11,13H2,1H3,(H,30,32)(H,31,33)/t18-/m1/s1. The summed E-state index contributed by atoms with van der Waals surface area (Å²) in [6.45, 7) is 1.37. The number of amides is 1. The molecule has 0 fully saturated rings. The Labute approximate surface area is 187 Å². The number of hydrogen-bond donors (Lipinski definition) is 2. The number of halogens is 3. The van der Waals surface area contributed by atoms with Crippen LogP contribution in [0.2, 0.25) is 0 Å². The summed E-state index contributed by atoms with van der Waals surface area (Å²) in [4.78, 5) is 32.5. The van der Waals surface area contributed by atoms with Crippen molar-refractivity contribution in [3.05, 3.63) is 111 Å². The molecule has 0 spiro atoms. The molecule has 0 saturated carbocycles. The minimum absolute atomic E-state index is 0.0996. The van der Waals surface area contributed by atoms with Crippen molar-refractivity contribution in [1.29, 1.82) is 0 Å². The Morgan fingerprint density at radius 1 is 1.09 bits per heavy atom. The molecule has 2 aromatic carbocycles. The van der Waals surface area contributed by atoms with E-state index in [9.17, 15) is 22.8 Å². The maximum absolute atomic E-state index is 14.5. The number of nitrogens with zero attached hydrogens (tertiary/aromatic N) is 1. The molecule has 168 valence electrons. The molecule has 1 amide bonds. The van der Waals surface area contributed by atoms with Gasteiger partial charge in [0.15, 0.2) is 0 Å². The Balaban J connectivity index is 1.75. The van der Waals surface area contributed by atoms with E-state index in [0.717, 1.165) is 17.7 Å². The average molecular weight is 451 g/mol. The molecule has 2 aromatic heterocycles. The van der Waals surface area contributed by atoms with Crippen molar-refractivity contribution in [2.45, 2.75) is 25.8 Å². The van der Waals surface area contributed by atoms with Crippen LogP contribution in [0.1, 0.15) is 28.2 Å². The highest BCUT2D eigenvalue weighted by Gasteiger charge is 2.28. The van der Waals surface area contributed by atoms with Gasteiger partial charge >= 0.3 is 0 Å². The maximum atomic E-state index is 14.5. The van der Waals surface area contributed by atoms with E-state index >= 15 is 0 Å². The number of fused-ring (bicyclic) bond motifs is 1. The van der Waals surface area contributed by atoms with Gasteiger partial charge in [-0.05, 0) is 36.6 Å². The van der Waals surface area contributed by atoms with E-state index in [-0.39, 0.29) is 35.0 Å². The summed E-state index contributed by atoms with van der Waals surface area (Å²) < 4.78 is 41.7. The Morgan fingerprint density at radius 2 is 1.85 bits per heavy atom. The zero-order valence-corrected chi connectivity index (χ0v) is 17.7. The Hall–Kier alpha value is -3.94. The van der Waals surface area contributed by atoms with Gasteiger partial charge in [-0.25, -0.2) is 13.8 Å². The Morgan fingerprint density at radius 3 is 2.58 bits per heavy atom. The van der Waals surface area contributed by atoms with Gasteiger partial charge in [-0.3, -0.25) is 9.59 Å². The molecule has 8 heteroatoms. The number of carbonyl (C=O) groups excluding carboxylic acids is 1. The van der Waals surface area contributed by atoms with Crippen LogP contribution in [0.3, 0.4) is 0 Å². The molecule has 33 heavy (non-hydrogen) atoms. The van der Waals surface area contributed by atoms with E-state index in [1.807, 2.05) is 18.2 Å². The third-order valence-electron chi connectivity index (χ3n) is 5.59. The minimum atomic E-state index is -0.983. The van der Waals surface area contributed by atoms with Gasteiger partial charge in [0.2, 0.25) is 11.9 Å². The highest BCUT2D eigenvalue weighted by molar-refractivity contribution is 5.88. The number of rotatable bonds is 6. The van der Waals surface area contributed by atoms with E-state index in [1.165, 1.54) is 18.3 Å². The summed E-state index contributed by atoms with van der Waals surface area (Å²) in [6, 6.07) is 13.6. The van der Waals surface area contributed by atoms with Gasteiger partial charge in [0.1, 0.15) is 11.6 Å². The second kappa shape index (κ2) is 9.28. The molecule has 0 aliphatic heterocycles. The van der Waals surface area contributed by atoms with Gasteiger partial charge in [-0.15, -0.1) is 0 Å². The van der Waals surface area contributed by atoms with Crippen LogP contribution < -0.4 is 10.9 Å². The molecule has 0 aliphatic carbocycles. The third kappa shape index (κ3) is 4.64. The van der Waals surface area contributed by atoms with Crippen molar-refractivity contribution in [3.63, 3.8) is 0 Å². The van der Waals surface area contributed by atoms with Crippen LogP contribution in [-0.4, -0.2) is 15.9 Å². The summed E-state index contributed by atoms with van der Waals surface area (Å²) >= 11 is 0. The number of pyridine rings is 2. The van der Waals surface area contributed by atoms with Crippen LogP contribution >= 0.6 is 0 Å². The lowest BCUT2D eigenvalue weighted by Gasteiger charge is -2.20. The number of benzene rings is 2. The average Bonchev–Trinajstić information content (AvgIpc) is 2.78. The topological polar surface area (TPSA) is 74.8 Å². The second-order valence-corrected chi connectivity index (χ2v) is 7.71. The predicted octanol–water partition coefficient (Wildman–Crippen LogP) is 4.29. The number of H-pyrrole nitrogens is 1. The first-order valence-electron chi connectivity index (χ1n) is 10.3. The minimum Gasteiger partial charge on any atom is -0.351 e. The summed E-state index contributed by atoms with van der Waals surface area (Å²) in [6.07, 6.45) is 1.41. The van der Waals surface area contributed by atoms with E-state index in [1.54, 1.807) is 19.1 Å². The molecule has 0 unspecified atom stereocenters. The van der Waals surface area contributed by atoms with Crippen LogP contribution in [0.25, 0.3) is 10.9 Å². The normalized spacial score (nSPS) is 12.0. The number of aromatic amines is 1. The second-order valence-electron chi connectivity index (χ2n) is 7.71.